The predicted octanol–water partition coefficient (Wildman–Crippen LogP) is 5.26. The fourth-order valence-electron chi connectivity index (χ4n) is 2.51. The zero-order valence-corrected chi connectivity index (χ0v) is 16.4. The van der Waals surface area contributed by atoms with Crippen molar-refractivity contribution in [3.05, 3.63) is 33.8 Å². The van der Waals surface area contributed by atoms with Crippen LogP contribution in [-0.2, 0) is 14.3 Å². The highest BCUT2D eigenvalue weighted by molar-refractivity contribution is 9.28. The third-order valence-corrected chi connectivity index (χ3v) is 4.05. The van der Waals surface area contributed by atoms with Crippen LogP contribution in [0.1, 0.15) is 39.5 Å². The maximum atomic E-state index is 10.8. The molecule has 3 unspecified atom stereocenters. The third kappa shape index (κ3) is 8.91. The molecule has 0 saturated carbocycles. The summed E-state index contributed by atoms with van der Waals surface area (Å²) in [6, 6.07) is 0. The van der Waals surface area contributed by atoms with E-state index in [1.807, 2.05) is 0 Å². The normalized spacial score (nSPS) is 22.0. The standard InChI is InChI=1S/C17H24Br2O3/c1-12(9-13(2)11-21-14(3)20)10-16-6-4-5-15(22-16)7-8-17(18)19/h4-5,8,12,15-16H,2,6-7,9-11H2,1,3H3. The maximum Gasteiger partial charge on any atom is 0.302 e. The lowest BCUT2D eigenvalue weighted by Gasteiger charge is -2.27. The Morgan fingerprint density at radius 3 is 2.91 bits per heavy atom. The van der Waals surface area contributed by atoms with E-state index in [2.05, 4.69) is 63.6 Å². The predicted molar refractivity (Wildman–Crippen MR) is 97.1 cm³/mol. The summed E-state index contributed by atoms with van der Waals surface area (Å²) in [5.41, 5.74) is 0.955. The van der Waals surface area contributed by atoms with Gasteiger partial charge < -0.3 is 9.47 Å². The summed E-state index contributed by atoms with van der Waals surface area (Å²) in [4.78, 5) is 10.8. The topological polar surface area (TPSA) is 35.5 Å². The summed E-state index contributed by atoms with van der Waals surface area (Å²) < 4.78 is 12.0. The van der Waals surface area contributed by atoms with E-state index >= 15 is 0 Å². The first-order chi connectivity index (χ1) is 10.4. The number of hydrogen-bond donors (Lipinski definition) is 0. The van der Waals surface area contributed by atoms with E-state index in [0.29, 0.717) is 12.5 Å². The van der Waals surface area contributed by atoms with Crippen molar-refractivity contribution < 1.29 is 14.3 Å². The van der Waals surface area contributed by atoms with Crippen molar-refractivity contribution in [1.29, 1.82) is 0 Å². The first-order valence-corrected chi connectivity index (χ1v) is 9.08. The van der Waals surface area contributed by atoms with Gasteiger partial charge in [-0.15, -0.1) is 0 Å². The first-order valence-electron chi connectivity index (χ1n) is 7.50. The van der Waals surface area contributed by atoms with Crippen molar-refractivity contribution in [2.75, 3.05) is 6.61 Å². The number of carbonyl (C=O) groups excluding carboxylic acids is 1. The highest BCUT2D eigenvalue weighted by Crippen LogP contribution is 2.25. The van der Waals surface area contributed by atoms with Gasteiger partial charge in [-0.3, -0.25) is 4.79 Å². The number of halogens is 2. The Bertz CT molecular complexity index is 439. The van der Waals surface area contributed by atoms with Crippen LogP contribution >= 0.6 is 31.9 Å². The number of hydrogen-bond acceptors (Lipinski definition) is 3. The number of rotatable bonds is 8. The molecular weight excluding hydrogens is 412 g/mol. The van der Waals surface area contributed by atoms with Crippen molar-refractivity contribution in [3.8, 4) is 0 Å². The molecule has 22 heavy (non-hydrogen) atoms. The minimum atomic E-state index is -0.261. The quantitative estimate of drug-likeness (QED) is 0.385. The summed E-state index contributed by atoms with van der Waals surface area (Å²) in [5, 5.41) is 0. The molecule has 0 bridgehead atoms. The lowest BCUT2D eigenvalue weighted by molar-refractivity contribution is -0.140. The van der Waals surface area contributed by atoms with Gasteiger partial charge in [-0.1, -0.05) is 31.7 Å². The van der Waals surface area contributed by atoms with Crippen LogP contribution in [0.15, 0.2) is 33.8 Å². The Labute approximate surface area is 150 Å². The molecule has 0 fully saturated rings. The van der Waals surface area contributed by atoms with Crippen LogP contribution in [0.4, 0.5) is 0 Å². The van der Waals surface area contributed by atoms with E-state index in [4.69, 9.17) is 9.47 Å². The Morgan fingerprint density at radius 2 is 2.27 bits per heavy atom. The smallest absolute Gasteiger partial charge is 0.302 e. The Hall–Kier alpha value is -0.390. The lowest BCUT2D eigenvalue weighted by atomic mass is 9.94. The molecule has 0 aromatic carbocycles. The van der Waals surface area contributed by atoms with Crippen molar-refractivity contribution >= 4 is 37.8 Å². The van der Waals surface area contributed by atoms with E-state index in [0.717, 1.165) is 34.6 Å². The molecule has 0 saturated heterocycles. The van der Waals surface area contributed by atoms with Crippen LogP contribution in [0.3, 0.4) is 0 Å². The largest absolute Gasteiger partial charge is 0.461 e. The highest BCUT2D eigenvalue weighted by Gasteiger charge is 2.20. The molecule has 1 rings (SSSR count). The average molecular weight is 436 g/mol. The second-order valence-electron chi connectivity index (χ2n) is 5.77. The summed E-state index contributed by atoms with van der Waals surface area (Å²) >= 11 is 6.72. The van der Waals surface area contributed by atoms with Gasteiger partial charge in [0.2, 0.25) is 0 Å². The molecule has 0 aromatic rings. The number of ether oxygens (including phenoxy) is 2. The molecule has 124 valence electrons. The van der Waals surface area contributed by atoms with Crippen LogP contribution in [0, 0.1) is 5.92 Å². The fourth-order valence-corrected chi connectivity index (χ4v) is 2.88. The Kier molecular flexibility index (Phi) is 9.29. The van der Waals surface area contributed by atoms with Gasteiger partial charge in [0.1, 0.15) is 6.61 Å². The summed E-state index contributed by atoms with van der Waals surface area (Å²) in [6.45, 7) is 7.89. The minimum Gasteiger partial charge on any atom is -0.461 e. The molecular formula is C17H24Br2O3. The molecule has 1 heterocycles. The van der Waals surface area contributed by atoms with Gasteiger partial charge in [-0.25, -0.2) is 0 Å². The number of esters is 1. The van der Waals surface area contributed by atoms with Gasteiger partial charge in [0.25, 0.3) is 0 Å². The van der Waals surface area contributed by atoms with Crippen LogP contribution < -0.4 is 0 Å². The molecule has 0 radical (unpaired) electrons. The van der Waals surface area contributed by atoms with Crippen molar-refractivity contribution in [2.24, 2.45) is 5.92 Å². The Morgan fingerprint density at radius 1 is 1.55 bits per heavy atom. The monoisotopic (exact) mass is 434 g/mol. The summed E-state index contributed by atoms with van der Waals surface area (Å²) in [5.74, 6) is 0.196. The van der Waals surface area contributed by atoms with Crippen molar-refractivity contribution in [1.82, 2.24) is 0 Å². The molecule has 0 spiro atoms. The van der Waals surface area contributed by atoms with E-state index in [1.54, 1.807) is 0 Å². The van der Waals surface area contributed by atoms with Crippen molar-refractivity contribution in [3.63, 3.8) is 0 Å². The SMILES string of the molecule is C=C(COC(C)=O)CC(C)CC1CC=CC(CC=C(Br)Br)O1. The molecule has 3 nitrogen and oxygen atoms in total. The van der Waals surface area contributed by atoms with Crippen LogP contribution in [0.5, 0.6) is 0 Å². The van der Waals surface area contributed by atoms with Gasteiger partial charge >= 0.3 is 5.97 Å². The molecule has 0 aromatic heterocycles. The Balaban J connectivity index is 2.33. The zero-order valence-electron chi connectivity index (χ0n) is 13.2. The third-order valence-electron chi connectivity index (χ3n) is 3.40. The zero-order chi connectivity index (χ0) is 16.5. The van der Waals surface area contributed by atoms with Crippen molar-refractivity contribution in [2.45, 2.75) is 51.7 Å². The lowest BCUT2D eigenvalue weighted by Crippen LogP contribution is -2.25. The minimum absolute atomic E-state index is 0.139. The summed E-state index contributed by atoms with van der Waals surface area (Å²) in [6.07, 6.45) is 10.4. The summed E-state index contributed by atoms with van der Waals surface area (Å²) in [7, 11) is 0. The molecule has 3 atom stereocenters. The van der Waals surface area contributed by atoms with Crippen LogP contribution in [0.25, 0.3) is 0 Å². The van der Waals surface area contributed by atoms with Crippen LogP contribution in [0.2, 0.25) is 0 Å². The van der Waals surface area contributed by atoms with E-state index in [1.165, 1.54) is 6.92 Å². The molecule has 1 aliphatic heterocycles. The molecule has 0 N–H and O–H groups in total. The van der Waals surface area contributed by atoms with Gasteiger partial charge in [-0.2, -0.15) is 0 Å². The second kappa shape index (κ2) is 10.4. The van der Waals surface area contributed by atoms with Gasteiger partial charge in [0.15, 0.2) is 0 Å². The molecule has 0 amide bonds. The second-order valence-corrected chi connectivity index (χ2v) is 8.54. The molecule has 5 heteroatoms. The average Bonchev–Trinajstić information content (AvgIpc) is 2.43. The van der Waals surface area contributed by atoms with Crippen LogP contribution in [-0.4, -0.2) is 24.8 Å². The van der Waals surface area contributed by atoms with E-state index in [-0.39, 0.29) is 18.2 Å². The van der Waals surface area contributed by atoms with E-state index in [9.17, 15) is 4.79 Å². The highest BCUT2D eigenvalue weighted by atomic mass is 79.9. The van der Waals surface area contributed by atoms with Gasteiger partial charge in [-0.05, 0) is 69.0 Å². The van der Waals surface area contributed by atoms with E-state index < -0.39 is 0 Å². The number of carbonyl (C=O) groups is 1. The fraction of sp³-hybridized carbons (Fsp3) is 0.588. The van der Waals surface area contributed by atoms with Gasteiger partial charge in [0.05, 0.1) is 15.6 Å². The first kappa shape index (κ1) is 19.7. The molecule has 1 aliphatic rings. The molecule has 0 aliphatic carbocycles. The maximum absolute atomic E-state index is 10.8. The van der Waals surface area contributed by atoms with Gasteiger partial charge in [0, 0.05) is 6.92 Å².